The first-order chi connectivity index (χ1) is 12.7. The fourth-order valence-electron chi connectivity index (χ4n) is 5.07. The first kappa shape index (κ1) is 19.9. The van der Waals surface area contributed by atoms with Gasteiger partial charge in [0.15, 0.2) is 0 Å². The lowest BCUT2D eigenvalue weighted by Gasteiger charge is -2.51. The molecule has 5 unspecified atom stereocenters. The maximum Gasteiger partial charge on any atom is 0.303 e. The predicted molar refractivity (Wildman–Crippen MR) is 91.9 cm³/mol. The topological polar surface area (TPSA) is 150 Å². The second-order valence-corrected chi connectivity index (χ2v) is 7.67. The van der Waals surface area contributed by atoms with E-state index in [1.165, 1.54) is 6.08 Å². The number of ether oxygens (including phenoxy) is 1. The minimum atomic E-state index is -1.82. The zero-order valence-corrected chi connectivity index (χ0v) is 14.9. The van der Waals surface area contributed by atoms with Crippen molar-refractivity contribution < 1.29 is 34.9 Å². The molecule has 0 amide bonds. The molecule has 4 aliphatic carbocycles. The molecule has 0 aromatic rings. The number of nitro groups is 1. The summed E-state index contributed by atoms with van der Waals surface area (Å²) in [7, 11) is 0. The quantitative estimate of drug-likeness (QED) is 0.197. The number of rotatable bonds is 7. The molecule has 0 aromatic heterocycles. The molecule has 9 atom stereocenters. The fourth-order valence-corrected chi connectivity index (χ4v) is 5.07. The van der Waals surface area contributed by atoms with Gasteiger partial charge in [0.05, 0.1) is 18.4 Å². The van der Waals surface area contributed by atoms with Crippen molar-refractivity contribution >= 4 is 5.97 Å². The van der Waals surface area contributed by atoms with E-state index in [1.807, 2.05) is 18.2 Å². The van der Waals surface area contributed by atoms with Gasteiger partial charge in [0, 0.05) is 11.8 Å². The molecular formula is C18H25NO8. The van der Waals surface area contributed by atoms with Crippen LogP contribution in [-0.4, -0.2) is 67.9 Å². The van der Waals surface area contributed by atoms with Crippen LogP contribution < -0.4 is 0 Å². The molecule has 0 radical (unpaired) electrons. The second-order valence-electron chi connectivity index (χ2n) is 7.67. The molecular weight excluding hydrogens is 358 g/mol. The Hall–Kier alpha value is -1.81. The standard InChI is InChI=1S/C18H25NO8/c1-9(21)27-17(16(24)15(23)14(22)8-20)13-7-10-5-6-18(13,19(25)26)12-4-2-3-11(10)12/h2,4-6,10-17,20,22-24H,3,7-8H2,1H3/t10?,11?,12?,13?,14-,15-,16+,17-,18?/m1/s1. The molecule has 0 saturated heterocycles. The number of hydrogen-bond donors (Lipinski definition) is 4. The minimum absolute atomic E-state index is 0.0296. The highest BCUT2D eigenvalue weighted by Gasteiger charge is 2.67. The van der Waals surface area contributed by atoms with Crippen molar-refractivity contribution in [3.8, 4) is 0 Å². The number of nitrogens with zero attached hydrogens (tertiary/aromatic N) is 1. The average molecular weight is 383 g/mol. The Kier molecular flexibility index (Phi) is 5.40. The SMILES string of the molecule is CC(=O)O[C@H](C1CC2C=CC1([N+](=O)[O-])C1C=CCC21)[C@@H](O)[C@H](O)[C@H](O)CO. The maximum absolute atomic E-state index is 12.2. The smallest absolute Gasteiger partial charge is 0.303 e. The summed E-state index contributed by atoms with van der Waals surface area (Å²) in [6.45, 7) is 0.300. The number of aliphatic hydroxyl groups excluding tert-OH is 4. The Morgan fingerprint density at radius 2 is 2.04 bits per heavy atom. The number of hydrogen-bond acceptors (Lipinski definition) is 8. The van der Waals surface area contributed by atoms with Gasteiger partial charge in [-0.1, -0.05) is 18.2 Å². The van der Waals surface area contributed by atoms with Crippen LogP contribution in [0.3, 0.4) is 0 Å². The van der Waals surface area contributed by atoms with Gasteiger partial charge in [0.1, 0.15) is 24.4 Å². The Labute approximate surface area is 156 Å². The lowest BCUT2D eigenvalue weighted by atomic mass is 9.53. The summed E-state index contributed by atoms with van der Waals surface area (Å²) in [5, 5.41) is 51.6. The molecule has 27 heavy (non-hydrogen) atoms. The van der Waals surface area contributed by atoms with E-state index in [4.69, 9.17) is 9.84 Å². The third-order valence-corrected chi connectivity index (χ3v) is 6.31. The van der Waals surface area contributed by atoms with E-state index in [-0.39, 0.29) is 11.8 Å². The third kappa shape index (κ3) is 3.08. The second kappa shape index (κ2) is 7.31. The van der Waals surface area contributed by atoms with Crippen molar-refractivity contribution in [2.75, 3.05) is 6.61 Å². The average Bonchev–Trinajstić information content (AvgIpc) is 3.16. The number of aliphatic hydroxyl groups is 4. The molecule has 4 N–H and O–H groups in total. The lowest BCUT2D eigenvalue weighted by Crippen LogP contribution is -2.65. The lowest BCUT2D eigenvalue weighted by molar-refractivity contribution is -0.585. The van der Waals surface area contributed by atoms with E-state index in [0.717, 1.165) is 13.3 Å². The van der Waals surface area contributed by atoms with Gasteiger partial charge >= 0.3 is 5.97 Å². The number of fused-ring (bicyclic) bond motifs is 1. The van der Waals surface area contributed by atoms with E-state index in [9.17, 15) is 30.2 Å². The zero-order valence-electron chi connectivity index (χ0n) is 14.9. The van der Waals surface area contributed by atoms with Crippen LogP contribution in [0, 0.1) is 33.8 Å². The van der Waals surface area contributed by atoms with Gasteiger partial charge in [0.25, 0.3) is 5.54 Å². The van der Waals surface area contributed by atoms with Crippen molar-refractivity contribution in [1.29, 1.82) is 0 Å². The number of esters is 1. The van der Waals surface area contributed by atoms with Crippen LogP contribution in [0.15, 0.2) is 24.3 Å². The van der Waals surface area contributed by atoms with E-state index in [2.05, 4.69) is 0 Å². The third-order valence-electron chi connectivity index (χ3n) is 6.31. The number of allylic oxidation sites excluding steroid dienone is 2. The van der Waals surface area contributed by atoms with Gasteiger partial charge in [-0.05, 0) is 30.8 Å². The molecule has 150 valence electrons. The summed E-state index contributed by atoms with van der Waals surface area (Å²) < 4.78 is 5.24. The van der Waals surface area contributed by atoms with Gasteiger partial charge < -0.3 is 25.2 Å². The van der Waals surface area contributed by atoms with Crippen molar-refractivity contribution in [2.24, 2.45) is 23.7 Å². The molecule has 0 aliphatic heterocycles. The fraction of sp³-hybridized carbons (Fsp3) is 0.722. The minimum Gasteiger partial charge on any atom is -0.459 e. The van der Waals surface area contributed by atoms with Crippen molar-refractivity contribution in [1.82, 2.24) is 0 Å². The van der Waals surface area contributed by atoms with E-state index >= 15 is 0 Å². The van der Waals surface area contributed by atoms with Crippen LogP contribution in [0.4, 0.5) is 0 Å². The molecule has 2 bridgehead atoms. The summed E-state index contributed by atoms with van der Waals surface area (Å²) >= 11 is 0. The molecule has 1 fully saturated rings. The monoisotopic (exact) mass is 383 g/mol. The van der Waals surface area contributed by atoms with Crippen LogP contribution in [0.2, 0.25) is 0 Å². The summed E-state index contributed by atoms with van der Waals surface area (Å²) in [4.78, 5) is 23.5. The highest BCUT2D eigenvalue weighted by atomic mass is 16.6. The molecule has 4 aliphatic rings. The van der Waals surface area contributed by atoms with Crippen LogP contribution in [0.5, 0.6) is 0 Å². The van der Waals surface area contributed by atoms with Gasteiger partial charge in [-0.3, -0.25) is 14.9 Å². The van der Waals surface area contributed by atoms with Crippen molar-refractivity contribution in [3.63, 3.8) is 0 Å². The summed E-state index contributed by atoms with van der Waals surface area (Å²) in [5.74, 6) is -1.92. The number of carbonyl (C=O) groups excluding carboxylic acids is 1. The summed E-state index contributed by atoms with van der Waals surface area (Å²) in [6, 6.07) is 0. The van der Waals surface area contributed by atoms with Gasteiger partial charge in [-0.25, -0.2) is 0 Å². The molecule has 4 rings (SSSR count). The zero-order chi connectivity index (χ0) is 19.9. The first-order valence-electron chi connectivity index (χ1n) is 9.06. The Morgan fingerprint density at radius 1 is 1.33 bits per heavy atom. The number of carbonyl (C=O) groups is 1. The Morgan fingerprint density at radius 3 is 2.63 bits per heavy atom. The first-order valence-corrected chi connectivity index (χ1v) is 9.06. The highest BCUT2D eigenvalue weighted by Crippen LogP contribution is 2.57. The largest absolute Gasteiger partial charge is 0.459 e. The summed E-state index contributed by atoms with van der Waals surface area (Å²) in [6.07, 6.45) is 1.46. The van der Waals surface area contributed by atoms with Crippen LogP contribution in [-0.2, 0) is 9.53 Å². The van der Waals surface area contributed by atoms with Gasteiger partial charge in [-0.2, -0.15) is 0 Å². The molecule has 0 aromatic carbocycles. The molecule has 1 saturated carbocycles. The normalized spacial score (nSPS) is 38.1. The van der Waals surface area contributed by atoms with Crippen LogP contribution in [0.25, 0.3) is 0 Å². The molecule has 9 heteroatoms. The molecule has 0 heterocycles. The molecule has 0 spiro atoms. The predicted octanol–water partition coefficient (Wildman–Crippen LogP) is -0.593. The van der Waals surface area contributed by atoms with E-state index in [1.54, 1.807) is 0 Å². The highest BCUT2D eigenvalue weighted by molar-refractivity contribution is 5.66. The van der Waals surface area contributed by atoms with E-state index < -0.39 is 59.3 Å². The van der Waals surface area contributed by atoms with Crippen LogP contribution >= 0.6 is 0 Å². The van der Waals surface area contributed by atoms with E-state index in [0.29, 0.717) is 6.42 Å². The maximum atomic E-state index is 12.2. The van der Waals surface area contributed by atoms with Crippen LogP contribution in [0.1, 0.15) is 19.8 Å². The molecule has 9 nitrogen and oxygen atoms in total. The summed E-state index contributed by atoms with van der Waals surface area (Å²) in [5.41, 5.74) is -1.57. The van der Waals surface area contributed by atoms with Gasteiger partial charge in [-0.15, -0.1) is 0 Å². The Bertz CT molecular complexity index is 664. The van der Waals surface area contributed by atoms with Crippen molar-refractivity contribution in [3.05, 3.63) is 34.4 Å². The van der Waals surface area contributed by atoms with Crippen molar-refractivity contribution in [2.45, 2.75) is 49.7 Å². The Balaban J connectivity index is 2.01. The van der Waals surface area contributed by atoms with Gasteiger partial charge in [0.2, 0.25) is 0 Å².